The van der Waals surface area contributed by atoms with Gasteiger partial charge in [-0.1, -0.05) is 39.0 Å². The second-order valence-corrected chi connectivity index (χ2v) is 12.1. The largest absolute Gasteiger partial charge is 0.470 e. The average molecular weight is 642 g/mol. The van der Waals surface area contributed by atoms with Crippen LogP contribution in [0, 0.1) is 0 Å². The summed E-state index contributed by atoms with van der Waals surface area (Å²) in [5, 5.41) is 6.88. The number of carbonyl (C=O) groups excluding carboxylic acids is 3. The highest BCUT2D eigenvalue weighted by atomic mass is 32.2. The smallest absolute Gasteiger partial charge is 0.415 e. The van der Waals surface area contributed by atoms with Crippen LogP contribution in [0.15, 0.2) is 47.0 Å². The third-order valence-electron chi connectivity index (χ3n) is 6.24. The lowest BCUT2D eigenvalue weighted by Gasteiger charge is -2.26. The number of halogens is 5. The van der Waals surface area contributed by atoms with Gasteiger partial charge >= 0.3 is 18.5 Å². The van der Waals surface area contributed by atoms with Crippen LogP contribution < -0.4 is 5.73 Å². The van der Waals surface area contributed by atoms with Crippen LogP contribution in [0.1, 0.15) is 66.7 Å². The molecule has 236 valence electrons. The zero-order chi connectivity index (χ0) is 32.8. The summed E-state index contributed by atoms with van der Waals surface area (Å²) in [5.41, 5.74) is 7.28. The lowest BCUT2D eigenvalue weighted by molar-refractivity contribution is -0.169. The summed E-state index contributed by atoms with van der Waals surface area (Å²) < 4.78 is 74.2. The van der Waals surface area contributed by atoms with Crippen molar-refractivity contribution in [1.82, 2.24) is 20.1 Å². The Morgan fingerprint density at radius 1 is 1.11 bits per heavy atom. The van der Waals surface area contributed by atoms with E-state index in [2.05, 4.69) is 20.9 Å². The first-order valence-corrected chi connectivity index (χ1v) is 14.4. The summed E-state index contributed by atoms with van der Waals surface area (Å²) in [7, 11) is -0.865. The molecule has 16 heteroatoms. The molecule has 0 saturated carbocycles. The Kier molecular flexibility index (Phi) is 10.8. The highest BCUT2D eigenvalue weighted by Crippen LogP contribution is 2.31. The number of amides is 3. The van der Waals surface area contributed by atoms with Crippen LogP contribution in [0.4, 0.5) is 22.0 Å². The predicted octanol–water partition coefficient (Wildman–Crippen LogP) is 4.74. The van der Waals surface area contributed by atoms with E-state index in [4.69, 9.17) is 9.21 Å². The number of pyridine rings is 1. The first kappa shape index (κ1) is 34.2. The zero-order valence-corrected chi connectivity index (χ0v) is 24.5. The van der Waals surface area contributed by atoms with Gasteiger partial charge in [0, 0.05) is 34.1 Å². The van der Waals surface area contributed by atoms with Gasteiger partial charge < -0.3 is 10.2 Å². The Labute approximate surface area is 251 Å². The molecular weight excluding hydrogens is 613 g/mol. The second-order valence-electron chi connectivity index (χ2n) is 10.5. The minimum atomic E-state index is -4.86. The van der Waals surface area contributed by atoms with Gasteiger partial charge in [-0.2, -0.15) is 22.0 Å². The van der Waals surface area contributed by atoms with Crippen molar-refractivity contribution in [2.24, 2.45) is 5.73 Å². The van der Waals surface area contributed by atoms with Gasteiger partial charge in [-0.05, 0) is 46.7 Å². The van der Waals surface area contributed by atoms with Gasteiger partial charge in [-0.25, -0.2) is 0 Å². The maximum Gasteiger partial charge on any atom is 0.470 e. The average Bonchev–Trinajstić information content (AvgIpc) is 3.46. The number of rotatable bonds is 7. The molecule has 0 aliphatic carbocycles. The Morgan fingerprint density at radius 2 is 1.77 bits per heavy atom. The summed E-state index contributed by atoms with van der Waals surface area (Å²) in [5.74, 6) is -2.56. The molecule has 10 nitrogen and oxygen atoms in total. The Morgan fingerprint density at radius 3 is 2.25 bits per heavy atom. The molecule has 1 atom stereocenters. The van der Waals surface area contributed by atoms with E-state index in [0.717, 1.165) is 21.6 Å². The fourth-order valence-electron chi connectivity index (χ4n) is 4.01. The van der Waals surface area contributed by atoms with Gasteiger partial charge in [-0.15, -0.1) is 10.2 Å². The van der Waals surface area contributed by atoms with Crippen LogP contribution in [0.5, 0.6) is 0 Å². The van der Waals surface area contributed by atoms with Crippen molar-refractivity contribution in [2.45, 2.75) is 51.8 Å². The van der Waals surface area contributed by atoms with Gasteiger partial charge in [0.15, 0.2) is 0 Å². The van der Waals surface area contributed by atoms with Crippen LogP contribution >= 0.6 is 0 Å². The summed E-state index contributed by atoms with van der Waals surface area (Å²) in [6.45, 7) is 5.88. The number of benzene rings is 1. The summed E-state index contributed by atoms with van der Waals surface area (Å²) in [6.07, 6.45) is -3.33. The zero-order valence-electron chi connectivity index (χ0n) is 23.7. The maximum absolute atomic E-state index is 13.6. The van der Waals surface area contributed by atoms with E-state index >= 15 is 0 Å². The third-order valence-corrected chi connectivity index (χ3v) is 7.44. The number of allylic oxidation sites excluding steroid dienone is 1. The van der Waals surface area contributed by atoms with Crippen LogP contribution in [0.2, 0.25) is 0 Å². The van der Waals surface area contributed by atoms with Crippen molar-refractivity contribution in [1.29, 1.82) is 0 Å². The molecule has 1 aliphatic heterocycles. The molecule has 3 aromatic rings. The Bertz CT molecular complexity index is 1570. The van der Waals surface area contributed by atoms with Crippen molar-refractivity contribution in [3.63, 3.8) is 0 Å². The number of aromatic nitrogens is 3. The topological polar surface area (TPSA) is 149 Å². The fraction of sp³-hybridized carbons (Fsp3) is 0.357. The van der Waals surface area contributed by atoms with Crippen molar-refractivity contribution < 1.29 is 45.0 Å². The van der Waals surface area contributed by atoms with Crippen LogP contribution in [-0.4, -0.2) is 60.2 Å². The lowest BCUT2D eigenvalue weighted by atomic mass is 9.82. The van der Waals surface area contributed by atoms with Gasteiger partial charge in [0.25, 0.3) is 11.8 Å². The van der Waals surface area contributed by atoms with Crippen molar-refractivity contribution in [3.05, 3.63) is 70.9 Å². The van der Waals surface area contributed by atoms with Crippen molar-refractivity contribution >= 4 is 34.6 Å². The van der Waals surface area contributed by atoms with Crippen LogP contribution in [-0.2, 0) is 32.3 Å². The van der Waals surface area contributed by atoms with Crippen LogP contribution in [0.25, 0.3) is 17.0 Å². The minimum Gasteiger partial charge on any atom is -0.415 e. The van der Waals surface area contributed by atoms with Gasteiger partial charge in [0.1, 0.15) is 0 Å². The monoisotopic (exact) mass is 641 g/mol. The third kappa shape index (κ3) is 8.84. The molecule has 44 heavy (non-hydrogen) atoms. The van der Waals surface area contributed by atoms with Gasteiger partial charge in [0.2, 0.25) is 12.3 Å². The van der Waals surface area contributed by atoms with E-state index < -0.39 is 41.1 Å². The molecule has 2 N–H and O–H groups in total. The standard InChI is InChI=1S/C26H26F2N4O4S.C2H2F3NO/c1-26(2,3)21-7-5-17(16-8-10-37(35)11-9-16)12-20(21)25(34)32(15-33)14-19-6-4-18(13-29-19)23-30-31-24(36-23)22(27)28;3-2(4,5)1(6)7/h4-8,12-13,15,22H,9-11,14H2,1-3H3;(H2,6,7). The molecule has 4 rings (SSSR count). The number of carbonyl (C=O) groups is 3. The molecule has 2 aromatic heterocycles. The molecule has 0 spiro atoms. The molecule has 3 amide bonds. The van der Waals surface area contributed by atoms with E-state index in [9.17, 15) is 35.8 Å². The highest BCUT2D eigenvalue weighted by Gasteiger charge is 2.35. The normalized spacial score (nSPS) is 15.2. The summed E-state index contributed by atoms with van der Waals surface area (Å²) in [6, 6.07) is 8.76. The number of nitrogens with zero attached hydrogens (tertiary/aromatic N) is 4. The summed E-state index contributed by atoms with van der Waals surface area (Å²) in [4.78, 5) is 40.0. The first-order chi connectivity index (χ1) is 20.5. The van der Waals surface area contributed by atoms with E-state index in [1.165, 1.54) is 6.20 Å². The highest BCUT2D eigenvalue weighted by molar-refractivity contribution is 7.85. The quantitative estimate of drug-likeness (QED) is 0.287. The van der Waals surface area contributed by atoms with Gasteiger partial charge in [0.05, 0.1) is 17.8 Å². The number of hydrogen-bond acceptors (Lipinski definition) is 8. The van der Waals surface area contributed by atoms with E-state index in [-0.39, 0.29) is 17.9 Å². The predicted molar refractivity (Wildman–Crippen MR) is 149 cm³/mol. The Balaban J connectivity index is 0.000000676. The van der Waals surface area contributed by atoms with Crippen molar-refractivity contribution in [3.8, 4) is 11.5 Å². The first-order valence-electron chi connectivity index (χ1n) is 12.9. The molecule has 0 fully saturated rings. The molecule has 0 bridgehead atoms. The molecule has 3 heterocycles. The second kappa shape index (κ2) is 14.0. The van der Waals surface area contributed by atoms with E-state index in [0.29, 0.717) is 41.2 Å². The molecule has 1 aromatic carbocycles. The van der Waals surface area contributed by atoms with Crippen LogP contribution in [0.3, 0.4) is 0 Å². The maximum atomic E-state index is 13.6. The Hall–Kier alpha value is -4.34. The molecule has 0 saturated heterocycles. The number of hydrogen-bond donors (Lipinski definition) is 1. The number of primary amides is 1. The summed E-state index contributed by atoms with van der Waals surface area (Å²) >= 11 is 0. The van der Waals surface area contributed by atoms with Gasteiger partial charge in [-0.3, -0.25) is 28.5 Å². The lowest BCUT2D eigenvalue weighted by Crippen LogP contribution is -2.32. The number of alkyl halides is 5. The van der Waals surface area contributed by atoms with Crippen molar-refractivity contribution in [2.75, 3.05) is 11.5 Å². The number of imide groups is 1. The molecule has 0 radical (unpaired) electrons. The van der Waals surface area contributed by atoms with E-state index in [1.807, 2.05) is 39.0 Å². The molecule has 1 unspecified atom stereocenters. The SMILES string of the molecule is CC(C)(C)c1ccc(C2=CCS(=O)CC2)cc1C(=O)N(C=O)Cc1ccc(-c2nnc(C(F)F)o2)cn1.NC(=O)C(F)(F)F. The molecular formula is C28H28F5N5O5S. The number of nitrogens with two attached hydrogens (primary N) is 1. The van der Waals surface area contributed by atoms with E-state index in [1.54, 1.807) is 18.2 Å². The molecule has 1 aliphatic rings. The minimum absolute atomic E-state index is 0.0930. The fourth-order valence-corrected chi connectivity index (χ4v) is 5.01.